The number of para-hydroxylation sites is 2. The van der Waals surface area contributed by atoms with Crippen molar-refractivity contribution >= 4 is 33.2 Å². The SMILES string of the molecule is CS(=O)(=O)N1CCC(O)(c2ccc(N3CCN(C(=O)O)c4ccccc43)cc2)CC1. The summed E-state index contributed by atoms with van der Waals surface area (Å²) in [5, 5.41) is 20.5. The molecule has 0 atom stereocenters. The Morgan fingerprint density at radius 2 is 1.53 bits per heavy atom. The molecule has 2 aromatic rings. The number of carboxylic acid groups (broad SMARTS) is 1. The number of carbonyl (C=O) groups is 1. The van der Waals surface area contributed by atoms with E-state index in [1.807, 2.05) is 42.5 Å². The van der Waals surface area contributed by atoms with Gasteiger partial charge in [-0.1, -0.05) is 24.3 Å². The van der Waals surface area contributed by atoms with E-state index < -0.39 is 21.7 Å². The van der Waals surface area contributed by atoms with Gasteiger partial charge in [0.1, 0.15) is 0 Å². The van der Waals surface area contributed by atoms with Gasteiger partial charge >= 0.3 is 6.09 Å². The molecule has 0 unspecified atom stereocenters. The number of amides is 1. The van der Waals surface area contributed by atoms with Gasteiger partial charge < -0.3 is 15.1 Å². The van der Waals surface area contributed by atoms with Crippen LogP contribution in [-0.2, 0) is 15.6 Å². The smallest absolute Gasteiger partial charge is 0.411 e. The van der Waals surface area contributed by atoms with Gasteiger partial charge in [-0.2, -0.15) is 0 Å². The molecular formula is C21H25N3O5S. The van der Waals surface area contributed by atoms with Gasteiger partial charge in [-0.05, 0) is 42.7 Å². The summed E-state index contributed by atoms with van der Waals surface area (Å²) < 4.78 is 24.8. The molecule has 2 aliphatic heterocycles. The van der Waals surface area contributed by atoms with Gasteiger partial charge in [-0.3, -0.25) is 4.90 Å². The number of benzene rings is 2. The number of hydrogen-bond donors (Lipinski definition) is 2. The van der Waals surface area contributed by atoms with Gasteiger partial charge in [0.15, 0.2) is 0 Å². The normalized spacial score (nSPS) is 19.4. The fraction of sp³-hybridized carbons (Fsp3) is 0.381. The predicted octanol–water partition coefficient (Wildman–Crippen LogP) is 2.57. The summed E-state index contributed by atoms with van der Waals surface area (Å²) in [6.07, 6.45) is 0.910. The van der Waals surface area contributed by atoms with Crippen LogP contribution in [-0.4, -0.2) is 61.5 Å². The van der Waals surface area contributed by atoms with Gasteiger partial charge in [0, 0.05) is 31.9 Å². The van der Waals surface area contributed by atoms with Crippen molar-refractivity contribution in [3.8, 4) is 0 Å². The first-order chi connectivity index (χ1) is 14.2. The van der Waals surface area contributed by atoms with E-state index in [1.54, 1.807) is 6.07 Å². The number of sulfonamides is 1. The van der Waals surface area contributed by atoms with Crippen LogP contribution in [0.4, 0.5) is 21.9 Å². The largest absolute Gasteiger partial charge is 0.465 e. The van der Waals surface area contributed by atoms with Crippen molar-refractivity contribution in [1.29, 1.82) is 0 Å². The molecule has 0 radical (unpaired) electrons. The lowest BCUT2D eigenvalue weighted by atomic mass is 9.85. The molecule has 0 aromatic heterocycles. The van der Waals surface area contributed by atoms with Crippen LogP contribution < -0.4 is 9.80 Å². The first-order valence-corrected chi connectivity index (χ1v) is 11.7. The summed E-state index contributed by atoms with van der Waals surface area (Å²) in [7, 11) is -3.25. The van der Waals surface area contributed by atoms with Crippen molar-refractivity contribution < 1.29 is 23.4 Å². The topological polar surface area (TPSA) is 101 Å². The van der Waals surface area contributed by atoms with E-state index in [4.69, 9.17) is 0 Å². The first kappa shape index (κ1) is 20.6. The number of nitrogens with zero attached hydrogens (tertiary/aromatic N) is 3. The lowest BCUT2D eigenvalue weighted by Crippen LogP contribution is -2.44. The minimum atomic E-state index is -3.25. The predicted molar refractivity (Wildman–Crippen MR) is 115 cm³/mol. The number of rotatable bonds is 3. The Morgan fingerprint density at radius 1 is 0.933 bits per heavy atom. The van der Waals surface area contributed by atoms with Crippen molar-refractivity contribution in [1.82, 2.24) is 4.31 Å². The van der Waals surface area contributed by atoms with E-state index in [0.29, 0.717) is 44.7 Å². The van der Waals surface area contributed by atoms with Crippen LogP contribution in [0, 0.1) is 0 Å². The van der Waals surface area contributed by atoms with Crippen molar-refractivity contribution in [3.63, 3.8) is 0 Å². The summed E-state index contributed by atoms with van der Waals surface area (Å²) >= 11 is 0. The lowest BCUT2D eigenvalue weighted by Gasteiger charge is -2.38. The van der Waals surface area contributed by atoms with E-state index in [9.17, 15) is 23.4 Å². The average molecular weight is 432 g/mol. The average Bonchev–Trinajstić information content (AvgIpc) is 2.72. The highest BCUT2D eigenvalue weighted by Crippen LogP contribution is 2.39. The summed E-state index contributed by atoms with van der Waals surface area (Å²) in [4.78, 5) is 14.9. The molecule has 2 aromatic carbocycles. The highest BCUT2D eigenvalue weighted by Gasteiger charge is 2.36. The van der Waals surface area contributed by atoms with Crippen LogP contribution in [0.1, 0.15) is 18.4 Å². The maximum atomic E-state index is 11.7. The van der Waals surface area contributed by atoms with Crippen LogP contribution in [0.3, 0.4) is 0 Å². The van der Waals surface area contributed by atoms with Crippen LogP contribution in [0.5, 0.6) is 0 Å². The number of piperidine rings is 1. The molecule has 1 saturated heterocycles. The van der Waals surface area contributed by atoms with E-state index in [1.165, 1.54) is 15.5 Å². The molecule has 1 amide bonds. The fourth-order valence-electron chi connectivity index (χ4n) is 4.26. The minimum absolute atomic E-state index is 0.293. The third-order valence-corrected chi connectivity index (χ3v) is 7.28. The van der Waals surface area contributed by atoms with E-state index >= 15 is 0 Å². The van der Waals surface area contributed by atoms with Crippen LogP contribution in [0.2, 0.25) is 0 Å². The molecule has 1 fully saturated rings. The van der Waals surface area contributed by atoms with E-state index in [2.05, 4.69) is 4.90 Å². The van der Waals surface area contributed by atoms with Gasteiger partial charge in [0.2, 0.25) is 10.0 Å². The minimum Gasteiger partial charge on any atom is -0.465 e. The zero-order chi connectivity index (χ0) is 21.5. The van der Waals surface area contributed by atoms with Gasteiger partial charge in [-0.15, -0.1) is 0 Å². The molecule has 2 N–H and O–H groups in total. The fourth-order valence-corrected chi connectivity index (χ4v) is 5.10. The molecule has 0 saturated carbocycles. The van der Waals surface area contributed by atoms with Crippen molar-refractivity contribution in [2.24, 2.45) is 0 Å². The van der Waals surface area contributed by atoms with Gasteiger partial charge in [0.25, 0.3) is 0 Å². The maximum Gasteiger partial charge on any atom is 0.411 e. The Kier molecular flexibility index (Phi) is 5.21. The Hall–Kier alpha value is -2.62. The third-order valence-electron chi connectivity index (χ3n) is 5.98. The molecule has 8 nitrogen and oxygen atoms in total. The molecule has 0 spiro atoms. The molecule has 2 heterocycles. The third kappa shape index (κ3) is 3.76. The van der Waals surface area contributed by atoms with Crippen molar-refractivity contribution in [3.05, 3.63) is 54.1 Å². The monoisotopic (exact) mass is 431 g/mol. The van der Waals surface area contributed by atoms with Crippen molar-refractivity contribution in [2.45, 2.75) is 18.4 Å². The number of fused-ring (bicyclic) bond motifs is 1. The zero-order valence-corrected chi connectivity index (χ0v) is 17.5. The molecule has 0 aliphatic carbocycles. The Balaban J connectivity index is 1.56. The van der Waals surface area contributed by atoms with E-state index in [0.717, 1.165) is 16.9 Å². The van der Waals surface area contributed by atoms with Gasteiger partial charge in [0.05, 0.1) is 23.2 Å². The quantitative estimate of drug-likeness (QED) is 0.775. The second kappa shape index (κ2) is 7.57. The molecule has 4 rings (SSSR count). The zero-order valence-electron chi connectivity index (χ0n) is 16.7. The molecule has 2 aliphatic rings. The molecule has 30 heavy (non-hydrogen) atoms. The molecule has 9 heteroatoms. The van der Waals surface area contributed by atoms with E-state index in [-0.39, 0.29) is 0 Å². The summed E-state index contributed by atoms with van der Waals surface area (Å²) in [5.41, 5.74) is 2.08. The Labute approximate surface area is 176 Å². The van der Waals surface area contributed by atoms with Crippen LogP contribution in [0.25, 0.3) is 0 Å². The lowest BCUT2D eigenvalue weighted by molar-refractivity contribution is -0.00948. The first-order valence-electron chi connectivity index (χ1n) is 9.84. The number of anilines is 3. The summed E-state index contributed by atoms with van der Waals surface area (Å²) in [6, 6.07) is 15.0. The number of aliphatic hydroxyl groups is 1. The second-order valence-corrected chi connectivity index (χ2v) is 9.80. The second-order valence-electron chi connectivity index (χ2n) is 7.82. The Bertz CT molecular complexity index is 1050. The van der Waals surface area contributed by atoms with Crippen molar-refractivity contribution in [2.75, 3.05) is 42.2 Å². The highest BCUT2D eigenvalue weighted by atomic mass is 32.2. The Morgan fingerprint density at radius 3 is 2.10 bits per heavy atom. The van der Waals surface area contributed by atoms with Crippen LogP contribution in [0.15, 0.2) is 48.5 Å². The van der Waals surface area contributed by atoms with Gasteiger partial charge in [-0.25, -0.2) is 17.5 Å². The summed E-state index contributed by atoms with van der Waals surface area (Å²) in [5.74, 6) is 0. The highest BCUT2D eigenvalue weighted by molar-refractivity contribution is 7.88. The summed E-state index contributed by atoms with van der Waals surface area (Å²) in [6.45, 7) is 1.47. The molecule has 0 bridgehead atoms. The molecule has 160 valence electrons. The maximum absolute atomic E-state index is 11.7. The standard InChI is InChI=1S/C21H25N3O5S/c1-30(28,29)22-12-10-21(27,11-13-22)16-6-8-17(9-7-16)23-14-15-24(20(25)26)19-5-3-2-4-18(19)23/h2-9,27H,10-15H2,1H3,(H,25,26). The molecular weight excluding hydrogens is 406 g/mol. The van der Waals surface area contributed by atoms with Crippen LogP contribution >= 0.6 is 0 Å². The number of hydrogen-bond acceptors (Lipinski definition) is 5.